The van der Waals surface area contributed by atoms with Crippen LogP contribution in [0.15, 0.2) is 41.9 Å². The van der Waals surface area contributed by atoms with Gasteiger partial charge in [-0.05, 0) is 49.9 Å². The molecule has 8 nitrogen and oxygen atoms in total. The number of nitrogens with zero attached hydrogens (tertiary/aromatic N) is 3. The van der Waals surface area contributed by atoms with Gasteiger partial charge in [-0.15, -0.1) is 28.3 Å². The van der Waals surface area contributed by atoms with Crippen LogP contribution >= 0.6 is 28.3 Å². The lowest BCUT2D eigenvalue weighted by molar-refractivity contribution is 0.0962. The molecule has 0 aliphatic carbocycles. The van der Waals surface area contributed by atoms with E-state index in [1.54, 1.807) is 18.2 Å². The molecular weight excluding hydrogens is 530 g/mol. The van der Waals surface area contributed by atoms with Gasteiger partial charge in [0.2, 0.25) is 0 Å². The van der Waals surface area contributed by atoms with Crippen LogP contribution in [0.5, 0.6) is 11.5 Å². The molecule has 0 bridgehead atoms. The van der Waals surface area contributed by atoms with Gasteiger partial charge in [0.25, 0.3) is 0 Å². The first kappa shape index (κ1) is 28.3. The van der Waals surface area contributed by atoms with Gasteiger partial charge in [-0.3, -0.25) is 10.2 Å². The smallest absolute Gasteiger partial charge is 0.182 e. The van der Waals surface area contributed by atoms with Gasteiger partial charge in [-0.2, -0.15) is 0 Å². The molecule has 2 heterocycles. The Labute approximate surface area is 221 Å². The molecule has 0 atom stereocenters. The third-order valence-corrected chi connectivity index (χ3v) is 6.20. The number of ether oxygens (including phenoxy) is 2. The summed E-state index contributed by atoms with van der Waals surface area (Å²) in [7, 11) is 6.96. The number of anilines is 1. The SMILES string of the molecule is Br.CCOc1ccc2c(c1)CN(CC(=O)c1cc(-c3nccs3)c(OC)c(N(C)C)c1)C2=N.CN. The zero-order chi connectivity index (χ0) is 24.8. The number of carbonyl (C=O) groups excluding carboxylic acids is 1. The first-order valence-corrected chi connectivity index (χ1v) is 11.8. The standard InChI is InChI=1S/C24H26N4O3S.CH5N.BrH/c1-5-31-17-6-7-18-16(10-17)13-28(23(18)25)14-21(29)15-11-19(24-26-8-9-32-24)22(30-4)20(12-15)27(2)3;1-2;/h6-12,25H,5,13-14H2,1-4H3;2H2,1H3;1H. The number of hydrogen-bond acceptors (Lipinski definition) is 8. The highest BCUT2D eigenvalue weighted by Crippen LogP contribution is 2.40. The van der Waals surface area contributed by atoms with E-state index in [0.29, 0.717) is 30.3 Å². The minimum Gasteiger partial charge on any atom is -0.494 e. The highest BCUT2D eigenvalue weighted by atomic mass is 79.9. The number of aromatic nitrogens is 1. The topological polar surface area (TPSA) is 105 Å². The van der Waals surface area contributed by atoms with Gasteiger partial charge in [-0.25, -0.2) is 4.98 Å². The van der Waals surface area contributed by atoms with Crippen LogP contribution in [0.25, 0.3) is 10.6 Å². The number of amidine groups is 1. The summed E-state index contributed by atoms with van der Waals surface area (Å²) < 4.78 is 11.3. The van der Waals surface area contributed by atoms with Crippen molar-refractivity contribution in [2.75, 3.05) is 46.3 Å². The van der Waals surface area contributed by atoms with E-state index in [1.165, 1.54) is 18.4 Å². The zero-order valence-corrected chi connectivity index (χ0v) is 23.2. The van der Waals surface area contributed by atoms with Gasteiger partial charge in [0.15, 0.2) is 11.5 Å². The minimum atomic E-state index is -0.0591. The van der Waals surface area contributed by atoms with Gasteiger partial charge in [-0.1, -0.05) is 0 Å². The van der Waals surface area contributed by atoms with Gasteiger partial charge in [0.05, 0.1) is 31.5 Å². The number of ketones is 1. The fourth-order valence-corrected chi connectivity index (χ4v) is 4.53. The third-order valence-electron chi connectivity index (χ3n) is 5.39. The van der Waals surface area contributed by atoms with Crippen molar-refractivity contribution in [2.24, 2.45) is 5.73 Å². The fraction of sp³-hybridized carbons (Fsp3) is 0.320. The van der Waals surface area contributed by atoms with Crippen molar-refractivity contribution in [3.05, 3.63) is 58.6 Å². The largest absolute Gasteiger partial charge is 0.494 e. The summed E-state index contributed by atoms with van der Waals surface area (Å²) in [6.45, 7) is 3.16. The number of hydrogen-bond donors (Lipinski definition) is 2. The lowest BCUT2D eigenvalue weighted by atomic mass is 10.0. The summed E-state index contributed by atoms with van der Waals surface area (Å²) >= 11 is 1.50. The maximum absolute atomic E-state index is 13.3. The molecule has 188 valence electrons. The normalized spacial score (nSPS) is 11.7. The van der Waals surface area contributed by atoms with E-state index < -0.39 is 0 Å². The van der Waals surface area contributed by atoms with E-state index in [4.69, 9.17) is 14.9 Å². The van der Waals surface area contributed by atoms with Crippen molar-refractivity contribution in [1.82, 2.24) is 9.88 Å². The van der Waals surface area contributed by atoms with Crippen molar-refractivity contribution in [1.29, 1.82) is 5.41 Å². The van der Waals surface area contributed by atoms with E-state index in [2.05, 4.69) is 10.7 Å². The number of carbonyl (C=O) groups is 1. The number of Topliss-reactive ketones (excluding diaryl/α,β-unsaturated/α-hetero) is 1. The monoisotopic (exact) mass is 561 g/mol. The second-order valence-corrected chi connectivity index (χ2v) is 8.58. The lowest BCUT2D eigenvalue weighted by Gasteiger charge is -2.21. The number of fused-ring (bicyclic) bond motifs is 1. The molecule has 2 aromatic carbocycles. The molecule has 35 heavy (non-hydrogen) atoms. The Balaban J connectivity index is 0.00000140. The second kappa shape index (κ2) is 12.7. The summed E-state index contributed by atoms with van der Waals surface area (Å²) in [5, 5.41) is 11.2. The number of methoxy groups -OCH3 is 1. The Kier molecular flexibility index (Phi) is 10.2. The Morgan fingerprint density at radius 1 is 1.23 bits per heavy atom. The van der Waals surface area contributed by atoms with Crippen LogP contribution < -0.4 is 20.1 Å². The quantitative estimate of drug-likeness (QED) is 0.391. The fourth-order valence-electron chi connectivity index (χ4n) is 3.88. The molecule has 0 spiro atoms. The van der Waals surface area contributed by atoms with Crippen LogP contribution in [-0.2, 0) is 6.54 Å². The predicted molar refractivity (Wildman–Crippen MR) is 148 cm³/mol. The van der Waals surface area contributed by atoms with Gasteiger partial charge < -0.3 is 25.0 Å². The third kappa shape index (κ3) is 6.01. The molecule has 0 unspecified atom stereocenters. The van der Waals surface area contributed by atoms with Crippen LogP contribution in [0.4, 0.5) is 5.69 Å². The first-order chi connectivity index (χ1) is 16.4. The van der Waals surface area contributed by atoms with Crippen molar-refractivity contribution >= 4 is 45.6 Å². The van der Waals surface area contributed by atoms with Crippen molar-refractivity contribution < 1.29 is 14.3 Å². The van der Waals surface area contributed by atoms with E-state index >= 15 is 0 Å². The van der Waals surface area contributed by atoms with Crippen LogP contribution in [-0.4, -0.2) is 62.9 Å². The lowest BCUT2D eigenvalue weighted by Crippen LogP contribution is -2.30. The van der Waals surface area contributed by atoms with Crippen LogP contribution in [0.2, 0.25) is 0 Å². The Bertz CT molecular complexity index is 1170. The zero-order valence-electron chi connectivity index (χ0n) is 20.6. The number of benzene rings is 2. The maximum Gasteiger partial charge on any atom is 0.182 e. The van der Waals surface area contributed by atoms with E-state index in [0.717, 1.165) is 33.1 Å². The van der Waals surface area contributed by atoms with Crippen molar-refractivity contribution in [2.45, 2.75) is 13.5 Å². The summed E-state index contributed by atoms with van der Waals surface area (Å²) in [5.41, 5.74) is 8.51. The van der Waals surface area contributed by atoms with Crippen molar-refractivity contribution in [3.63, 3.8) is 0 Å². The van der Waals surface area contributed by atoms with Crippen LogP contribution in [0.3, 0.4) is 0 Å². The average Bonchev–Trinajstić information content (AvgIpc) is 3.48. The van der Waals surface area contributed by atoms with Crippen LogP contribution in [0, 0.1) is 5.41 Å². The van der Waals surface area contributed by atoms with Gasteiger partial charge in [0.1, 0.15) is 16.6 Å². The van der Waals surface area contributed by atoms with Crippen LogP contribution in [0.1, 0.15) is 28.4 Å². The van der Waals surface area contributed by atoms with Gasteiger partial charge >= 0.3 is 0 Å². The van der Waals surface area contributed by atoms with Gasteiger partial charge in [0, 0.05) is 43.3 Å². The molecule has 3 aromatic rings. The first-order valence-electron chi connectivity index (χ1n) is 10.9. The molecule has 1 aliphatic heterocycles. The van der Waals surface area contributed by atoms with E-state index in [1.807, 2.05) is 61.6 Å². The molecular formula is C25H32BrN5O3S. The molecule has 10 heteroatoms. The number of thiazole rings is 1. The number of nitrogens with two attached hydrogens (primary N) is 1. The molecule has 0 saturated carbocycles. The Morgan fingerprint density at radius 2 is 1.97 bits per heavy atom. The molecule has 1 aliphatic rings. The summed E-state index contributed by atoms with van der Waals surface area (Å²) in [6, 6.07) is 9.40. The highest BCUT2D eigenvalue weighted by molar-refractivity contribution is 8.93. The molecule has 0 amide bonds. The Hall–Kier alpha value is -2.95. The predicted octanol–water partition coefficient (Wildman–Crippen LogP) is 4.46. The van der Waals surface area contributed by atoms with E-state index in [9.17, 15) is 4.79 Å². The number of halogens is 1. The minimum absolute atomic E-state index is 0. The molecule has 1 aromatic heterocycles. The maximum atomic E-state index is 13.3. The summed E-state index contributed by atoms with van der Waals surface area (Å²) in [4.78, 5) is 21.5. The molecule has 0 saturated heterocycles. The number of rotatable bonds is 8. The highest BCUT2D eigenvalue weighted by Gasteiger charge is 2.27. The molecule has 4 rings (SSSR count). The summed E-state index contributed by atoms with van der Waals surface area (Å²) in [5.74, 6) is 1.77. The molecule has 3 N–H and O–H groups in total. The van der Waals surface area contributed by atoms with E-state index in [-0.39, 0.29) is 29.3 Å². The molecule has 0 fully saturated rings. The molecule has 0 radical (unpaired) electrons. The van der Waals surface area contributed by atoms with Crippen molar-refractivity contribution in [3.8, 4) is 22.1 Å². The Morgan fingerprint density at radius 3 is 2.57 bits per heavy atom. The number of nitrogens with one attached hydrogen (secondary N) is 1. The summed E-state index contributed by atoms with van der Waals surface area (Å²) in [6.07, 6.45) is 1.74. The average molecular weight is 563 g/mol. The second-order valence-electron chi connectivity index (χ2n) is 7.69.